The Morgan fingerprint density at radius 1 is 1.10 bits per heavy atom. The highest BCUT2D eigenvalue weighted by Gasteiger charge is 2.47. The van der Waals surface area contributed by atoms with Crippen molar-refractivity contribution < 1.29 is 23.5 Å². The zero-order valence-electron chi connectivity index (χ0n) is 31.9. The Balaban J connectivity index is 1.54. The number of fused-ring (bicyclic) bond motifs is 2. The number of anilines is 4. The van der Waals surface area contributed by atoms with Crippen LogP contribution in [-0.2, 0) is 30.6 Å². The number of aromatic nitrogens is 2. The van der Waals surface area contributed by atoms with Gasteiger partial charge in [-0.25, -0.2) is 14.8 Å². The average molecular weight is 746 g/mol. The summed E-state index contributed by atoms with van der Waals surface area (Å²) in [4.78, 5) is 52.6. The van der Waals surface area contributed by atoms with Gasteiger partial charge in [-0.15, -0.1) is 0 Å². The molecule has 276 valence electrons. The van der Waals surface area contributed by atoms with Crippen LogP contribution < -0.4 is 15.1 Å². The maximum absolute atomic E-state index is 13.6. The van der Waals surface area contributed by atoms with Crippen molar-refractivity contribution in [1.82, 2.24) is 14.9 Å². The first-order valence-corrected chi connectivity index (χ1v) is 20.5. The molecule has 3 amide bonds. The predicted molar refractivity (Wildman–Crippen MR) is 206 cm³/mol. The Hall–Kier alpha value is -4.51. The number of carbonyl (C=O) groups excluding carboxylic acids is 3. The van der Waals surface area contributed by atoms with Crippen molar-refractivity contribution in [1.29, 1.82) is 5.26 Å². The Morgan fingerprint density at radius 2 is 1.79 bits per heavy atom. The molecule has 0 bridgehead atoms. The van der Waals surface area contributed by atoms with Gasteiger partial charge in [-0.05, 0) is 81.2 Å². The third-order valence-electron chi connectivity index (χ3n) is 9.93. The normalized spacial score (nSPS) is 17.0. The van der Waals surface area contributed by atoms with E-state index in [0.717, 1.165) is 11.1 Å². The van der Waals surface area contributed by atoms with Crippen LogP contribution in [-0.4, -0.2) is 80.5 Å². The molecule has 0 radical (unpaired) electrons. The Labute approximate surface area is 312 Å². The van der Waals surface area contributed by atoms with E-state index in [4.69, 9.17) is 25.7 Å². The van der Waals surface area contributed by atoms with Gasteiger partial charge in [-0.1, -0.05) is 39.3 Å². The number of halogens is 1. The topological polar surface area (TPSA) is 141 Å². The first-order valence-electron chi connectivity index (χ1n) is 17.2. The van der Waals surface area contributed by atoms with Crippen molar-refractivity contribution in [3.05, 3.63) is 58.2 Å². The van der Waals surface area contributed by atoms with Crippen molar-refractivity contribution >= 4 is 60.8 Å². The van der Waals surface area contributed by atoms with Gasteiger partial charge in [0.15, 0.2) is 8.32 Å². The molecule has 14 heteroatoms. The van der Waals surface area contributed by atoms with Crippen molar-refractivity contribution in [2.24, 2.45) is 0 Å². The lowest BCUT2D eigenvalue weighted by Gasteiger charge is -2.39. The molecule has 2 aliphatic heterocycles. The van der Waals surface area contributed by atoms with E-state index in [1.807, 2.05) is 26.8 Å². The van der Waals surface area contributed by atoms with Crippen LogP contribution in [0.15, 0.2) is 36.5 Å². The van der Waals surface area contributed by atoms with Crippen LogP contribution >= 0.6 is 11.6 Å². The number of likely N-dealkylation sites (N-methyl/N-ethyl adjacent to an activating group) is 1. The van der Waals surface area contributed by atoms with Crippen molar-refractivity contribution in [3.63, 3.8) is 0 Å². The fourth-order valence-corrected chi connectivity index (χ4v) is 7.41. The van der Waals surface area contributed by atoms with E-state index in [1.165, 1.54) is 23.9 Å². The van der Waals surface area contributed by atoms with Gasteiger partial charge in [0.1, 0.15) is 11.7 Å². The van der Waals surface area contributed by atoms with Gasteiger partial charge < -0.3 is 24.3 Å². The minimum Gasteiger partial charge on any atom is -0.443 e. The smallest absolute Gasteiger partial charge is 0.414 e. The highest BCUT2D eigenvalue weighted by atomic mass is 35.5. The number of nitrogens with zero attached hydrogens (tertiary/aromatic N) is 6. The molecule has 0 unspecified atom stereocenters. The summed E-state index contributed by atoms with van der Waals surface area (Å²) in [5.41, 5.74) is 3.42. The van der Waals surface area contributed by atoms with Gasteiger partial charge in [-0.2, -0.15) is 5.26 Å². The van der Waals surface area contributed by atoms with Crippen LogP contribution in [0.25, 0.3) is 11.3 Å². The van der Waals surface area contributed by atoms with Gasteiger partial charge in [0.2, 0.25) is 5.95 Å². The van der Waals surface area contributed by atoms with Crippen LogP contribution in [0, 0.1) is 11.3 Å². The van der Waals surface area contributed by atoms with Crippen molar-refractivity contribution in [2.75, 3.05) is 48.9 Å². The molecule has 2 aliphatic rings. The summed E-state index contributed by atoms with van der Waals surface area (Å²) >= 11 is 6.51. The molecule has 0 fully saturated rings. The zero-order chi connectivity index (χ0) is 38.6. The number of nitrogens with one attached hydrogen (secondary N) is 1. The maximum Gasteiger partial charge on any atom is 0.414 e. The lowest BCUT2D eigenvalue weighted by molar-refractivity contribution is -0.142. The van der Waals surface area contributed by atoms with Gasteiger partial charge >= 0.3 is 17.9 Å². The van der Waals surface area contributed by atoms with Gasteiger partial charge in [0.05, 0.1) is 22.6 Å². The number of benzene rings is 2. The number of rotatable bonds is 6. The summed E-state index contributed by atoms with van der Waals surface area (Å²) < 4.78 is 12.6. The molecule has 0 saturated heterocycles. The standard InChI is InChI=1S/C38H48ClN7O5Si/c1-36(2,3)51-35(49)46-21-38(7,22-50-52(10,11)37(4,5)6)27-17-23(16-24(20-40)31(27)46)28-12-14-41-34(42-28)43-29-18-25(39)19-30-26(29)13-15-45(30)33(48)32(47)44(8)9/h12,14,16-19H,13,15,21-22H2,1-11H3,(H,41,42,43)/t38-/m1/s1. The molecule has 52 heavy (non-hydrogen) atoms. The third-order valence-corrected chi connectivity index (χ3v) is 14.6. The first-order chi connectivity index (χ1) is 24.0. The minimum atomic E-state index is -2.18. The molecule has 0 spiro atoms. The number of carbonyl (C=O) groups is 3. The summed E-state index contributed by atoms with van der Waals surface area (Å²) in [6.45, 7) is 19.4. The molecule has 0 aliphatic carbocycles. The van der Waals surface area contributed by atoms with E-state index in [2.05, 4.69) is 57.2 Å². The number of hydrogen-bond acceptors (Lipinski definition) is 9. The van der Waals surface area contributed by atoms with Crippen LogP contribution in [0.5, 0.6) is 0 Å². The molecule has 0 saturated carbocycles. The fraction of sp³-hybridized carbons (Fsp3) is 0.474. The van der Waals surface area contributed by atoms with Crippen LogP contribution in [0.1, 0.15) is 65.2 Å². The highest BCUT2D eigenvalue weighted by Crippen LogP contribution is 2.47. The fourth-order valence-electron chi connectivity index (χ4n) is 6.08. The molecule has 1 N–H and O–H groups in total. The molecule has 1 atom stereocenters. The summed E-state index contributed by atoms with van der Waals surface area (Å²) in [5, 5.41) is 14.1. The number of nitriles is 1. The summed E-state index contributed by atoms with van der Waals surface area (Å²) in [7, 11) is 0.887. The molecule has 12 nitrogen and oxygen atoms in total. The molecular weight excluding hydrogens is 698 g/mol. The van der Waals surface area contributed by atoms with Crippen molar-refractivity contribution in [2.45, 2.75) is 84.0 Å². The minimum absolute atomic E-state index is 0.0275. The zero-order valence-corrected chi connectivity index (χ0v) is 33.7. The Morgan fingerprint density at radius 3 is 2.40 bits per heavy atom. The van der Waals surface area contributed by atoms with E-state index < -0.39 is 37.2 Å². The number of ether oxygens (including phenoxy) is 1. The SMILES string of the molecule is CN(C)C(=O)C(=O)N1CCc2c(Nc3nccc(-c4cc(C#N)c5c(c4)[C@@](C)(CO[Si](C)(C)C(C)(C)C)CN5C(=O)OC(C)(C)C)n3)cc(Cl)cc21. The first kappa shape index (κ1) is 38.7. The van der Waals surface area contributed by atoms with Crippen LogP contribution in [0.2, 0.25) is 23.2 Å². The lowest BCUT2D eigenvalue weighted by Crippen LogP contribution is -2.46. The lowest BCUT2D eigenvalue weighted by atomic mass is 9.83. The van der Waals surface area contributed by atoms with E-state index in [9.17, 15) is 19.6 Å². The quantitative estimate of drug-likeness (QED) is 0.202. The number of hydrogen-bond donors (Lipinski definition) is 1. The molecule has 2 aromatic carbocycles. The summed E-state index contributed by atoms with van der Waals surface area (Å²) in [5.74, 6) is -0.983. The maximum atomic E-state index is 13.6. The van der Waals surface area contributed by atoms with E-state index in [0.29, 0.717) is 58.5 Å². The van der Waals surface area contributed by atoms with Gasteiger partial charge in [-0.3, -0.25) is 14.5 Å². The van der Waals surface area contributed by atoms with Crippen LogP contribution in [0.3, 0.4) is 0 Å². The molecule has 1 aromatic heterocycles. The molecule has 5 rings (SSSR count). The average Bonchev–Trinajstić information content (AvgIpc) is 3.61. The summed E-state index contributed by atoms with van der Waals surface area (Å²) in [6.07, 6.45) is 1.59. The van der Waals surface area contributed by atoms with Gasteiger partial charge in [0, 0.05) is 67.2 Å². The second kappa shape index (κ2) is 13.8. The second-order valence-corrected chi connectivity index (χ2v) is 21.7. The number of amides is 3. The van der Waals surface area contributed by atoms with E-state index in [1.54, 1.807) is 35.4 Å². The van der Waals surface area contributed by atoms with E-state index in [-0.39, 0.29) is 17.5 Å². The largest absolute Gasteiger partial charge is 0.443 e. The molecular formula is C38H48ClN7O5Si. The monoisotopic (exact) mass is 745 g/mol. The third kappa shape index (κ3) is 7.65. The summed E-state index contributed by atoms with van der Waals surface area (Å²) in [6, 6.07) is 11.2. The van der Waals surface area contributed by atoms with Gasteiger partial charge in [0.25, 0.3) is 0 Å². The Bertz CT molecular complexity index is 1980. The van der Waals surface area contributed by atoms with Crippen molar-refractivity contribution in [3.8, 4) is 17.3 Å². The van der Waals surface area contributed by atoms with Crippen LogP contribution in [0.4, 0.5) is 27.8 Å². The Kier molecular flexibility index (Phi) is 10.3. The molecule has 3 aromatic rings. The second-order valence-electron chi connectivity index (χ2n) is 16.5. The predicted octanol–water partition coefficient (Wildman–Crippen LogP) is 7.42. The van der Waals surface area contributed by atoms with E-state index >= 15 is 0 Å². The highest BCUT2D eigenvalue weighted by molar-refractivity contribution is 6.74. The molecule has 3 heterocycles.